The number of aliphatic hydroxyl groups is 1. The third kappa shape index (κ3) is 4.11. The molecule has 0 aliphatic carbocycles. The van der Waals surface area contributed by atoms with E-state index in [-0.39, 0.29) is 17.2 Å². The first-order valence-electron chi connectivity index (χ1n) is 7.36. The Bertz CT molecular complexity index is 890. The molecular formula is C17H14N2O4S2. The van der Waals surface area contributed by atoms with Gasteiger partial charge in [0.15, 0.2) is 0 Å². The van der Waals surface area contributed by atoms with Crippen molar-refractivity contribution in [2.75, 3.05) is 0 Å². The quantitative estimate of drug-likeness (QED) is 0.508. The van der Waals surface area contributed by atoms with E-state index in [0.717, 1.165) is 15.3 Å². The van der Waals surface area contributed by atoms with Crippen LogP contribution in [0.25, 0.3) is 0 Å². The number of rotatable bonds is 6. The van der Waals surface area contributed by atoms with Crippen LogP contribution in [0.4, 0.5) is 5.69 Å². The predicted molar refractivity (Wildman–Crippen MR) is 97.0 cm³/mol. The zero-order chi connectivity index (χ0) is 17.8. The molecule has 0 aliphatic heterocycles. The zero-order valence-electron chi connectivity index (χ0n) is 12.9. The number of nitro groups is 1. The number of nitro benzene ring substituents is 1. The minimum Gasteiger partial charge on any atom is -0.383 e. The first-order chi connectivity index (χ1) is 12.0. The number of carbonyl (C=O) groups excluding carboxylic acids is 1. The summed E-state index contributed by atoms with van der Waals surface area (Å²) in [6.45, 7) is 0.294. The number of aliphatic hydroxyl groups excluding tert-OH is 1. The molecule has 0 bridgehead atoms. The van der Waals surface area contributed by atoms with Crippen LogP contribution >= 0.6 is 22.7 Å². The van der Waals surface area contributed by atoms with E-state index in [9.17, 15) is 20.0 Å². The molecule has 128 valence electrons. The summed E-state index contributed by atoms with van der Waals surface area (Å²) in [5.41, 5.74) is 0.966. The Morgan fingerprint density at radius 2 is 2.12 bits per heavy atom. The van der Waals surface area contributed by atoms with E-state index in [0.29, 0.717) is 6.54 Å². The average Bonchev–Trinajstić information content (AvgIpc) is 3.31. The summed E-state index contributed by atoms with van der Waals surface area (Å²) in [7, 11) is 0. The summed E-state index contributed by atoms with van der Waals surface area (Å²) in [5, 5.41) is 27.6. The van der Waals surface area contributed by atoms with Gasteiger partial charge in [0.1, 0.15) is 6.10 Å². The number of hydrogen-bond acceptors (Lipinski definition) is 6. The third-order valence-electron chi connectivity index (χ3n) is 3.55. The maximum atomic E-state index is 12.1. The fourth-order valence-corrected chi connectivity index (χ4v) is 3.91. The van der Waals surface area contributed by atoms with Crippen molar-refractivity contribution in [1.82, 2.24) is 5.32 Å². The van der Waals surface area contributed by atoms with Gasteiger partial charge in [-0.1, -0.05) is 6.07 Å². The molecule has 1 atom stereocenters. The van der Waals surface area contributed by atoms with E-state index in [4.69, 9.17) is 0 Å². The van der Waals surface area contributed by atoms with E-state index < -0.39 is 11.0 Å². The van der Waals surface area contributed by atoms with Crippen LogP contribution in [0.3, 0.4) is 0 Å². The Hall–Kier alpha value is -2.55. The highest BCUT2D eigenvalue weighted by Gasteiger charge is 2.15. The number of carbonyl (C=O) groups is 1. The molecule has 0 saturated carbocycles. The van der Waals surface area contributed by atoms with Gasteiger partial charge in [-0.2, -0.15) is 11.3 Å². The van der Waals surface area contributed by atoms with Crippen molar-refractivity contribution >= 4 is 34.3 Å². The molecule has 0 radical (unpaired) electrons. The van der Waals surface area contributed by atoms with Crippen LogP contribution in [0.1, 0.15) is 31.8 Å². The molecule has 25 heavy (non-hydrogen) atoms. The fourth-order valence-electron chi connectivity index (χ4n) is 2.26. The SMILES string of the molecule is O=C(NCc1ccc(C(O)c2ccsc2)s1)c1cccc([N+](=O)[O-])c1. The van der Waals surface area contributed by atoms with Crippen molar-refractivity contribution in [3.05, 3.63) is 84.2 Å². The molecule has 2 aromatic heterocycles. The molecule has 8 heteroatoms. The summed E-state index contributed by atoms with van der Waals surface area (Å²) < 4.78 is 0. The molecular weight excluding hydrogens is 360 g/mol. The second-order valence-electron chi connectivity index (χ2n) is 5.25. The summed E-state index contributed by atoms with van der Waals surface area (Å²) >= 11 is 2.94. The minimum absolute atomic E-state index is 0.120. The molecule has 0 spiro atoms. The number of hydrogen-bond donors (Lipinski definition) is 2. The Morgan fingerprint density at radius 1 is 1.28 bits per heavy atom. The Kier molecular flexibility index (Phi) is 5.22. The number of benzene rings is 1. The van der Waals surface area contributed by atoms with Crippen molar-refractivity contribution in [2.24, 2.45) is 0 Å². The van der Waals surface area contributed by atoms with Crippen LogP contribution in [0.2, 0.25) is 0 Å². The largest absolute Gasteiger partial charge is 0.383 e. The lowest BCUT2D eigenvalue weighted by Gasteiger charge is -2.06. The molecule has 3 rings (SSSR count). The maximum absolute atomic E-state index is 12.1. The maximum Gasteiger partial charge on any atom is 0.270 e. The predicted octanol–water partition coefficient (Wildman–Crippen LogP) is 3.73. The van der Waals surface area contributed by atoms with E-state index in [1.165, 1.54) is 46.9 Å². The number of non-ortho nitro benzene ring substituents is 1. The van der Waals surface area contributed by atoms with Crippen LogP contribution in [-0.2, 0) is 6.54 Å². The van der Waals surface area contributed by atoms with Crippen LogP contribution in [0.15, 0.2) is 53.2 Å². The molecule has 2 heterocycles. The molecule has 1 aromatic carbocycles. The first-order valence-corrected chi connectivity index (χ1v) is 9.12. The smallest absolute Gasteiger partial charge is 0.270 e. The molecule has 0 saturated heterocycles. The van der Waals surface area contributed by atoms with E-state index in [2.05, 4.69) is 5.32 Å². The van der Waals surface area contributed by atoms with Crippen LogP contribution in [0.5, 0.6) is 0 Å². The summed E-state index contributed by atoms with van der Waals surface area (Å²) in [5.74, 6) is -0.378. The molecule has 0 aliphatic rings. The van der Waals surface area contributed by atoms with Crippen molar-refractivity contribution < 1.29 is 14.8 Å². The number of amides is 1. The molecule has 1 amide bonds. The van der Waals surface area contributed by atoms with Gasteiger partial charge >= 0.3 is 0 Å². The van der Waals surface area contributed by atoms with E-state index in [1.54, 1.807) is 0 Å². The lowest BCUT2D eigenvalue weighted by Crippen LogP contribution is -2.22. The molecule has 1 unspecified atom stereocenters. The van der Waals surface area contributed by atoms with Gasteiger partial charge in [-0.3, -0.25) is 14.9 Å². The van der Waals surface area contributed by atoms with Crippen LogP contribution in [-0.4, -0.2) is 15.9 Å². The minimum atomic E-state index is -0.669. The number of nitrogens with zero attached hydrogens (tertiary/aromatic N) is 1. The van der Waals surface area contributed by atoms with Gasteiger partial charge in [0.25, 0.3) is 11.6 Å². The van der Waals surface area contributed by atoms with Crippen molar-refractivity contribution in [3.63, 3.8) is 0 Å². The monoisotopic (exact) mass is 374 g/mol. The van der Waals surface area contributed by atoms with E-state index >= 15 is 0 Å². The Labute approximate surface area is 151 Å². The van der Waals surface area contributed by atoms with Crippen molar-refractivity contribution in [2.45, 2.75) is 12.6 Å². The van der Waals surface area contributed by atoms with Gasteiger partial charge in [-0.15, -0.1) is 11.3 Å². The molecule has 6 nitrogen and oxygen atoms in total. The van der Waals surface area contributed by atoms with Crippen LogP contribution in [0, 0.1) is 10.1 Å². The second-order valence-corrected chi connectivity index (χ2v) is 7.23. The average molecular weight is 374 g/mol. The highest BCUT2D eigenvalue weighted by molar-refractivity contribution is 7.12. The van der Waals surface area contributed by atoms with Gasteiger partial charge in [0.2, 0.25) is 0 Å². The molecule has 0 fully saturated rings. The second kappa shape index (κ2) is 7.56. The highest BCUT2D eigenvalue weighted by Crippen LogP contribution is 2.29. The Balaban J connectivity index is 1.63. The van der Waals surface area contributed by atoms with Gasteiger partial charge in [0, 0.05) is 27.5 Å². The lowest BCUT2D eigenvalue weighted by molar-refractivity contribution is -0.384. The fraction of sp³-hybridized carbons (Fsp3) is 0.118. The molecule has 3 aromatic rings. The lowest BCUT2D eigenvalue weighted by atomic mass is 10.2. The van der Waals surface area contributed by atoms with Gasteiger partial charge in [0.05, 0.1) is 11.5 Å². The van der Waals surface area contributed by atoms with Crippen LogP contribution < -0.4 is 5.32 Å². The van der Waals surface area contributed by atoms with Gasteiger partial charge in [-0.25, -0.2) is 0 Å². The van der Waals surface area contributed by atoms with Crippen molar-refractivity contribution in [1.29, 1.82) is 0 Å². The van der Waals surface area contributed by atoms with Gasteiger partial charge in [-0.05, 0) is 40.6 Å². The summed E-state index contributed by atoms with van der Waals surface area (Å²) in [4.78, 5) is 24.1. The number of nitrogens with one attached hydrogen (secondary N) is 1. The first kappa shape index (κ1) is 17.3. The topological polar surface area (TPSA) is 92.5 Å². The summed E-state index contributed by atoms with van der Waals surface area (Å²) in [6.07, 6.45) is -0.669. The standard InChI is InChI=1S/C17H14N2O4S2/c20-16(12-6-7-24-10-12)15-5-4-14(25-15)9-18-17(21)11-2-1-3-13(8-11)19(22)23/h1-8,10,16,20H,9H2,(H,18,21). The summed E-state index contributed by atoms with van der Waals surface area (Å²) in [6, 6.07) is 11.2. The number of thiophene rings is 2. The molecule has 2 N–H and O–H groups in total. The highest BCUT2D eigenvalue weighted by atomic mass is 32.1. The van der Waals surface area contributed by atoms with E-state index in [1.807, 2.05) is 29.0 Å². The van der Waals surface area contributed by atoms with Gasteiger partial charge < -0.3 is 10.4 Å². The Morgan fingerprint density at radius 3 is 2.84 bits per heavy atom. The van der Waals surface area contributed by atoms with Crippen molar-refractivity contribution in [3.8, 4) is 0 Å². The normalized spacial score (nSPS) is 11.9. The third-order valence-corrected chi connectivity index (χ3v) is 5.39. The zero-order valence-corrected chi connectivity index (χ0v) is 14.5.